The predicted molar refractivity (Wildman–Crippen MR) is 97.4 cm³/mol. The molecule has 6 nitrogen and oxygen atoms in total. The number of nitrogens with one attached hydrogen (secondary N) is 1. The molecule has 0 saturated carbocycles. The second-order valence-electron chi connectivity index (χ2n) is 6.45. The van der Waals surface area contributed by atoms with Crippen LogP contribution in [-0.2, 0) is 10.0 Å². The number of rotatable bonds is 3. The molecule has 1 amide bonds. The Morgan fingerprint density at radius 2 is 1.83 bits per heavy atom. The number of thiophene rings is 1. The molecule has 0 unspecified atom stereocenters. The van der Waals surface area contributed by atoms with Gasteiger partial charge in [-0.25, -0.2) is 12.7 Å². The Morgan fingerprint density at radius 3 is 2.38 bits per heavy atom. The van der Waals surface area contributed by atoms with Crippen molar-refractivity contribution in [2.75, 3.05) is 40.3 Å². The molecule has 2 aliphatic rings. The summed E-state index contributed by atoms with van der Waals surface area (Å²) in [5.41, 5.74) is 0. The lowest BCUT2D eigenvalue weighted by Crippen LogP contribution is -2.33. The molecule has 2 atom stereocenters. The molecule has 1 aromatic rings. The molecule has 3 heterocycles. The molecule has 0 bridgehead atoms. The first kappa shape index (κ1) is 19.7. The van der Waals surface area contributed by atoms with Crippen molar-refractivity contribution in [2.45, 2.75) is 17.7 Å². The molecule has 9 heteroatoms. The Hall–Kier alpha value is -0.670. The van der Waals surface area contributed by atoms with Gasteiger partial charge in [-0.1, -0.05) is 0 Å². The molecule has 0 spiro atoms. The minimum absolute atomic E-state index is 0. The lowest BCUT2D eigenvalue weighted by atomic mass is 9.92. The number of hydrogen-bond donors (Lipinski definition) is 1. The van der Waals surface area contributed by atoms with Crippen molar-refractivity contribution in [1.82, 2.24) is 14.5 Å². The van der Waals surface area contributed by atoms with Gasteiger partial charge in [-0.15, -0.1) is 23.7 Å². The number of fused-ring (bicyclic) bond motifs is 1. The minimum atomic E-state index is -3.59. The largest absolute Gasteiger partial charge is 0.338 e. The van der Waals surface area contributed by atoms with Crippen LogP contribution in [0, 0.1) is 11.8 Å². The fourth-order valence-corrected chi connectivity index (χ4v) is 5.67. The normalized spacial score (nSPS) is 24.4. The Morgan fingerprint density at radius 1 is 1.25 bits per heavy atom. The Balaban J connectivity index is 0.00000208. The molecule has 2 aliphatic heterocycles. The van der Waals surface area contributed by atoms with E-state index in [1.165, 1.54) is 31.5 Å². The Labute approximate surface area is 153 Å². The van der Waals surface area contributed by atoms with Gasteiger partial charge in [0.25, 0.3) is 5.91 Å². The van der Waals surface area contributed by atoms with E-state index >= 15 is 0 Å². The zero-order valence-corrected chi connectivity index (χ0v) is 16.3. The van der Waals surface area contributed by atoms with Crippen molar-refractivity contribution in [1.29, 1.82) is 0 Å². The molecule has 2 fully saturated rings. The lowest BCUT2D eigenvalue weighted by Gasteiger charge is -2.21. The second kappa shape index (κ2) is 7.70. The number of carbonyl (C=O) groups is 1. The van der Waals surface area contributed by atoms with Crippen LogP contribution in [0.5, 0.6) is 0 Å². The standard InChI is InChI=1S/C15H23N3O3S2.ClH/c1-17(2)23(20,21)13-5-8-22-14(13)15(19)18-6-3-11-9-16-10-12(11)4-7-18;/h5,8,11-12,16H,3-4,6-7,9-10H2,1-2H3;1H/t11-,12+;. The zero-order valence-electron chi connectivity index (χ0n) is 13.9. The molecular formula is C15H24ClN3O3S2. The van der Waals surface area contributed by atoms with E-state index in [9.17, 15) is 13.2 Å². The van der Waals surface area contributed by atoms with Crippen molar-refractivity contribution < 1.29 is 13.2 Å². The van der Waals surface area contributed by atoms with E-state index in [4.69, 9.17) is 0 Å². The highest BCUT2D eigenvalue weighted by Crippen LogP contribution is 2.30. The van der Waals surface area contributed by atoms with Crippen LogP contribution in [0.15, 0.2) is 16.3 Å². The molecule has 24 heavy (non-hydrogen) atoms. The van der Waals surface area contributed by atoms with Crippen LogP contribution in [0.4, 0.5) is 0 Å². The fraction of sp³-hybridized carbons (Fsp3) is 0.667. The van der Waals surface area contributed by atoms with Crippen LogP contribution in [0.25, 0.3) is 0 Å². The van der Waals surface area contributed by atoms with E-state index in [1.54, 1.807) is 5.38 Å². The molecule has 0 aromatic carbocycles. The molecule has 1 aromatic heterocycles. The highest BCUT2D eigenvalue weighted by Gasteiger charge is 2.34. The predicted octanol–water partition coefficient (Wildman–Crippen LogP) is 1.49. The van der Waals surface area contributed by atoms with Gasteiger partial charge >= 0.3 is 0 Å². The summed E-state index contributed by atoms with van der Waals surface area (Å²) in [4.78, 5) is 15.2. The third-order valence-corrected chi connectivity index (χ3v) is 7.78. The van der Waals surface area contributed by atoms with Crippen molar-refractivity contribution in [2.24, 2.45) is 11.8 Å². The van der Waals surface area contributed by atoms with Gasteiger partial charge in [-0.2, -0.15) is 0 Å². The summed E-state index contributed by atoms with van der Waals surface area (Å²) in [6.07, 6.45) is 1.98. The first-order valence-corrected chi connectivity index (χ1v) is 10.2. The number of amides is 1. The summed E-state index contributed by atoms with van der Waals surface area (Å²) in [6.45, 7) is 3.49. The Kier molecular flexibility index (Phi) is 6.30. The van der Waals surface area contributed by atoms with Crippen LogP contribution >= 0.6 is 23.7 Å². The fourth-order valence-electron chi connectivity index (χ4n) is 3.42. The van der Waals surface area contributed by atoms with Crippen LogP contribution < -0.4 is 5.32 Å². The van der Waals surface area contributed by atoms with Gasteiger partial charge in [-0.05, 0) is 49.2 Å². The number of hydrogen-bond acceptors (Lipinski definition) is 5. The smallest absolute Gasteiger partial charge is 0.265 e. The molecule has 0 radical (unpaired) electrons. The van der Waals surface area contributed by atoms with Crippen molar-refractivity contribution in [3.63, 3.8) is 0 Å². The summed E-state index contributed by atoms with van der Waals surface area (Å²) in [7, 11) is -0.611. The van der Waals surface area contributed by atoms with E-state index < -0.39 is 10.0 Å². The molecule has 2 saturated heterocycles. The second-order valence-corrected chi connectivity index (χ2v) is 9.49. The quantitative estimate of drug-likeness (QED) is 0.844. The van der Waals surface area contributed by atoms with Gasteiger partial charge < -0.3 is 10.2 Å². The maximum Gasteiger partial charge on any atom is 0.265 e. The molecular weight excluding hydrogens is 370 g/mol. The summed E-state index contributed by atoms with van der Waals surface area (Å²) >= 11 is 1.21. The maximum atomic E-state index is 12.9. The maximum absolute atomic E-state index is 12.9. The van der Waals surface area contributed by atoms with E-state index in [1.807, 2.05) is 4.90 Å². The van der Waals surface area contributed by atoms with Crippen molar-refractivity contribution in [3.05, 3.63) is 16.3 Å². The summed E-state index contributed by atoms with van der Waals surface area (Å²) in [5, 5.41) is 5.10. The summed E-state index contributed by atoms with van der Waals surface area (Å²) in [6, 6.07) is 1.53. The van der Waals surface area contributed by atoms with Crippen LogP contribution in [0.3, 0.4) is 0 Å². The number of nitrogens with zero attached hydrogens (tertiary/aromatic N) is 2. The van der Waals surface area contributed by atoms with Crippen molar-refractivity contribution in [3.8, 4) is 0 Å². The average molecular weight is 394 g/mol. The molecule has 1 N–H and O–H groups in total. The van der Waals surface area contributed by atoms with E-state index in [0.29, 0.717) is 29.8 Å². The lowest BCUT2D eigenvalue weighted by molar-refractivity contribution is 0.0760. The number of halogens is 1. The number of carbonyl (C=O) groups excluding carboxylic acids is 1. The van der Waals surface area contributed by atoms with Gasteiger partial charge in [0, 0.05) is 27.2 Å². The topological polar surface area (TPSA) is 69.7 Å². The third-order valence-electron chi connectivity index (χ3n) is 4.89. The first-order chi connectivity index (χ1) is 10.9. The minimum Gasteiger partial charge on any atom is -0.338 e. The van der Waals surface area contributed by atoms with Gasteiger partial charge in [0.1, 0.15) is 9.77 Å². The number of sulfonamides is 1. The number of likely N-dealkylation sites (tertiary alicyclic amines) is 1. The van der Waals surface area contributed by atoms with Gasteiger partial charge in [0.05, 0.1) is 0 Å². The monoisotopic (exact) mass is 393 g/mol. The zero-order chi connectivity index (χ0) is 16.6. The van der Waals surface area contributed by atoms with Crippen LogP contribution in [0.2, 0.25) is 0 Å². The van der Waals surface area contributed by atoms with Crippen LogP contribution in [0.1, 0.15) is 22.5 Å². The summed E-state index contributed by atoms with van der Waals surface area (Å²) in [5.74, 6) is 1.13. The Bertz CT molecular complexity index is 676. The summed E-state index contributed by atoms with van der Waals surface area (Å²) < 4.78 is 25.9. The van der Waals surface area contributed by atoms with Gasteiger partial charge in [-0.3, -0.25) is 4.79 Å². The van der Waals surface area contributed by atoms with Crippen LogP contribution in [-0.4, -0.2) is 63.8 Å². The highest BCUT2D eigenvalue weighted by molar-refractivity contribution is 7.89. The third kappa shape index (κ3) is 3.62. The van der Waals surface area contributed by atoms with Gasteiger partial charge in [0.2, 0.25) is 10.0 Å². The van der Waals surface area contributed by atoms with E-state index in [2.05, 4.69) is 5.32 Å². The van der Waals surface area contributed by atoms with Gasteiger partial charge in [0.15, 0.2) is 0 Å². The van der Waals surface area contributed by atoms with E-state index in [0.717, 1.165) is 30.2 Å². The van der Waals surface area contributed by atoms with E-state index in [-0.39, 0.29) is 23.2 Å². The highest BCUT2D eigenvalue weighted by atomic mass is 35.5. The average Bonchev–Trinajstić information content (AvgIpc) is 3.12. The molecule has 3 rings (SSSR count). The molecule has 136 valence electrons. The first-order valence-electron chi connectivity index (χ1n) is 7.91. The van der Waals surface area contributed by atoms with Crippen molar-refractivity contribution >= 4 is 39.7 Å². The SMILES string of the molecule is CN(C)S(=O)(=O)c1ccsc1C(=O)N1CC[C@@H]2CNC[C@@H]2CC1.Cl. The molecule has 0 aliphatic carbocycles.